The van der Waals surface area contributed by atoms with Crippen LogP contribution in [-0.2, 0) is 16.6 Å². The molecule has 0 aromatic carbocycles. The second kappa shape index (κ2) is 6.13. The first kappa shape index (κ1) is 15.3. The van der Waals surface area contributed by atoms with E-state index in [0.717, 1.165) is 25.7 Å². The van der Waals surface area contributed by atoms with Gasteiger partial charge in [0.1, 0.15) is 4.90 Å². The average molecular weight is 300 g/mol. The molecule has 0 aliphatic carbocycles. The van der Waals surface area contributed by atoms with Gasteiger partial charge in [-0.25, -0.2) is 8.42 Å². The second-order valence-electron chi connectivity index (χ2n) is 5.40. The Morgan fingerprint density at radius 1 is 1.35 bits per heavy atom. The number of hydrogen-bond acceptors (Lipinski definition) is 4. The van der Waals surface area contributed by atoms with Crippen molar-refractivity contribution in [3.8, 4) is 0 Å². The largest absolute Gasteiger partial charge is 0.381 e. The SMILES string of the molecule is CCCn1cc(S(=O)(=O)N2CCC(CC)CC2)c(N)n1. The molecule has 2 N–H and O–H groups in total. The molecule has 2 rings (SSSR count). The van der Waals surface area contributed by atoms with E-state index in [1.165, 1.54) is 0 Å². The van der Waals surface area contributed by atoms with E-state index in [0.29, 0.717) is 25.6 Å². The van der Waals surface area contributed by atoms with Crippen molar-refractivity contribution in [1.82, 2.24) is 14.1 Å². The van der Waals surface area contributed by atoms with Gasteiger partial charge in [-0.1, -0.05) is 20.3 Å². The fourth-order valence-corrected chi connectivity index (χ4v) is 4.19. The summed E-state index contributed by atoms with van der Waals surface area (Å²) in [6.07, 6.45) is 5.42. The van der Waals surface area contributed by atoms with Crippen molar-refractivity contribution in [2.24, 2.45) is 5.92 Å². The molecule has 0 saturated carbocycles. The highest BCUT2D eigenvalue weighted by molar-refractivity contribution is 7.89. The zero-order valence-electron chi connectivity index (χ0n) is 12.2. The summed E-state index contributed by atoms with van der Waals surface area (Å²) in [4.78, 5) is 0.154. The molecule has 7 heteroatoms. The number of nitrogens with zero attached hydrogens (tertiary/aromatic N) is 3. The van der Waals surface area contributed by atoms with Gasteiger partial charge in [-0.2, -0.15) is 9.40 Å². The van der Waals surface area contributed by atoms with E-state index in [-0.39, 0.29) is 10.7 Å². The molecule has 114 valence electrons. The van der Waals surface area contributed by atoms with Gasteiger partial charge in [-0.05, 0) is 25.2 Å². The summed E-state index contributed by atoms with van der Waals surface area (Å²) in [5.74, 6) is 0.748. The molecule has 1 aromatic rings. The second-order valence-corrected chi connectivity index (χ2v) is 7.30. The van der Waals surface area contributed by atoms with Crippen LogP contribution in [0.2, 0.25) is 0 Å². The van der Waals surface area contributed by atoms with Crippen LogP contribution in [0.4, 0.5) is 5.82 Å². The van der Waals surface area contributed by atoms with Crippen LogP contribution in [-0.4, -0.2) is 35.6 Å². The smallest absolute Gasteiger partial charge is 0.248 e. The molecule has 0 radical (unpaired) electrons. The van der Waals surface area contributed by atoms with Crippen molar-refractivity contribution in [3.05, 3.63) is 6.20 Å². The van der Waals surface area contributed by atoms with E-state index >= 15 is 0 Å². The Balaban J connectivity index is 2.18. The fraction of sp³-hybridized carbons (Fsp3) is 0.769. The van der Waals surface area contributed by atoms with Gasteiger partial charge in [0.25, 0.3) is 0 Å². The molecule has 6 nitrogen and oxygen atoms in total. The van der Waals surface area contributed by atoms with Crippen LogP contribution in [0.15, 0.2) is 11.1 Å². The van der Waals surface area contributed by atoms with E-state index in [1.54, 1.807) is 15.2 Å². The minimum Gasteiger partial charge on any atom is -0.381 e. The first-order chi connectivity index (χ1) is 9.48. The summed E-state index contributed by atoms with van der Waals surface area (Å²) in [6, 6.07) is 0. The Bertz CT molecular complexity index is 545. The van der Waals surface area contributed by atoms with Crippen LogP contribution in [0.5, 0.6) is 0 Å². The maximum atomic E-state index is 12.6. The summed E-state index contributed by atoms with van der Waals surface area (Å²) >= 11 is 0. The number of sulfonamides is 1. The molecule has 0 amide bonds. The van der Waals surface area contributed by atoms with Gasteiger partial charge in [0, 0.05) is 25.8 Å². The molecule has 1 saturated heterocycles. The number of nitrogen functional groups attached to an aromatic ring is 1. The monoisotopic (exact) mass is 300 g/mol. The Morgan fingerprint density at radius 3 is 2.55 bits per heavy atom. The molecular formula is C13H24N4O2S. The van der Waals surface area contributed by atoms with Gasteiger partial charge in [0.15, 0.2) is 5.82 Å². The van der Waals surface area contributed by atoms with Crippen LogP contribution >= 0.6 is 0 Å². The maximum Gasteiger partial charge on any atom is 0.248 e. The van der Waals surface area contributed by atoms with Crippen LogP contribution in [0.25, 0.3) is 0 Å². The number of rotatable bonds is 5. The lowest BCUT2D eigenvalue weighted by molar-refractivity contribution is 0.269. The normalized spacial score (nSPS) is 18.5. The average Bonchev–Trinajstić information content (AvgIpc) is 2.81. The van der Waals surface area contributed by atoms with Gasteiger partial charge >= 0.3 is 0 Å². The van der Waals surface area contributed by atoms with Crippen molar-refractivity contribution < 1.29 is 8.42 Å². The van der Waals surface area contributed by atoms with E-state index in [2.05, 4.69) is 12.0 Å². The summed E-state index contributed by atoms with van der Waals surface area (Å²) in [5, 5.41) is 4.08. The zero-order valence-corrected chi connectivity index (χ0v) is 13.1. The predicted octanol–water partition coefficient (Wildman–Crippen LogP) is 1.69. The lowest BCUT2D eigenvalue weighted by atomic mass is 9.96. The number of piperidine rings is 1. The topological polar surface area (TPSA) is 81.2 Å². The summed E-state index contributed by atoms with van der Waals surface area (Å²) in [7, 11) is -3.50. The van der Waals surface area contributed by atoms with Crippen molar-refractivity contribution in [2.75, 3.05) is 18.8 Å². The molecule has 1 aliphatic heterocycles. The Kier molecular flexibility index (Phi) is 4.70. The van der Waals surface area contributed by atoms with E-state index in [1.807, 2.05) is 6.92 Å². The fourth-order valence-electron chi connectivity index (χ4n) is 2.66. The van der Waals surface area contributed by atoms with Gasteiger partial charge < -0.3 is 5.73 Å². The molecule has 0 unspecified atom stereocenters. The Labute approximate surface area is 121 Å². The summed E-state index contributed by atoms with van der Waals surface area (Å²) in [6.45, 7) is 6.01. The van der Waals surface area contributed by atoms with Crippen LogP contribution in [0.3, 0.4) is 0 Å². The summed E-state index contributed by atoms with van der Waals surface area (Å²) < 4.78 is 28.4. The van der Waals surface area contributed by atoms with E-state index in [4.69, 9.17) is 5.73 Å². The van der Waals surface area contributed by atoms with Gasteiger partial charge in [0.05, 0.1) is 0 Å². The van der Waals surface area contributed by atoms with Gasteiger partial charge in [0.2, 0.25) is 10.0 Å². The van der Waals surface area contributed by atoms with Crippen LogP contribution < -0.4 is 5.73 Å². The minimum atomic E-state index is -3.50. The Hall–Kier alpha value is -1.08. The molecule has 1 aliphatic rings. The van der Waals surface area contributed by atoms with Gasteiger partial charge in [-0.15, -0.1) is 0 Å². The van der Waals surface area contributed by atoms with Crippen molar-refractivity contribution in [1.29, 1.82) is 0 Å². The van der Waals surface area contributed by atoms with Crippen molar-refractivity contribution in [2.45, 2.75) is 51.0 Å². The first-order valence-electron chi connectivity index (χ1n) is 7.32. The standard InChI is InChI=1S/C13H24N4O2S/c1-3-7-16-10-12(13(14)15-16)20(18,19)17-8-5-11(4-2)6-9-17/h10-11H,3-9H2,1-2H3,(H2,14,15). The van der Waals surface area contributed by atoms with Crippen molar-refractivity contribution in [3.63, 3.8) is 0 Å². The molecule has 1 aromatic heterocycles. The molecule has 0 bridgehead atoms. The van der Waals surface area contributed by atoms with E-state index < -0.39 is 10.0 Å². The van der Waals surface area contributed by atoms with Crippen molar-refractivity contribution >= 4 is 15.8 Å². The number of aromatic nitrogens is 2. The highest BCUT2D eigenvalue weighted by atomic mass is 32.2. The van der Waals surface area contributed by atoms with E-state index in [9.17, 15) is 8.42 Å². The first-order valence-corrected chi connectivity index (χ1v) is 8.76. The molecule has 0 atom stereocenters. The molecule has 20 heavy (non-hydrogen) atoms. The minimum absolute atomic E-state index is 0.107. The number of anilines is 1. The highest BCUT2D eigenvalue weighted by Gasteiger charge is 2.31. The quantitative estimate of drug-likeness (QED) is 0.897. The lowest BCUT2D eigenvalue weighted by Crippen LogP contribution is -2.38. The third-order valence-corrected chi connectivity index (χ3v) is 5.89. The molecular weight excluding hydrogens is 276 g/mol. The zero-order chi connectivity index (χ0) is 14.8. The summed E-state index contributed by atoms with van der Waals surface area (Å²) in [5.41, 5.74) is 5.78. The predicted molar refractivity (Wildman–Crippen MR) is 78.7 cm³/mol. The maximum absolute atomic E-state index is 12.6. The lowest BCUT2D eigenvalue weighted by Gasteiger charge is -2.30. The molecule has 0 spiro atoms. The third kappa shape index (κ3) is 2.98. The number of hydrogen-bond donors (Lipinski definition) is 1. The highest BCUT2D eigenvalue weighted by Crippen LogP contribution is 2.27. The van der Waals surface area contributed by atoms with Crippen LogP contribution in [0, 0.1) is 5.92 Å². The third-order valence-electron chi connectivity index (χ3n) is 3.98. The number of nitrogens with two attached hydrogens (primary N) is 1. The number of aryl methyl sites for hydroxylation is 1. The molecule has 2 heterocycles. The Morgan fingerprint density at radius 2 is 2.00 bits per heavy atom. The van der Waals surface area contributed by atoms with Gasteiger partial charge in [-0.3, -0.25) is 4.68 Å². The molecule has 1 fully saturated rings. The van der Waals surface area contributed by atoms with Crippen LogP contribution in [0.1, 0.15) is 39.5 Å².